The van der Waals surface area contributed by atoms with E-state index in [0.29, 0.717) is 0 Å². The van der Waals surface area contributed by atoms with Crippen LogP contribution in [-0.4, -0.2) is 54.7 Å². The number of fused-ring (bicyclic) bond motifs is 1. The Balaban J connectivity index is 0.00000182. The van der Waals surface area contributed by atoms with Crippen LogP contribution in [0.25, 0.3) is 11.2 Å². The van der Waals surface area contributed by atoms with E-state index in [1.165, 1.54) is 23.3 Å². The fraction of sp³-hybridized carbons (Fsp3) is 0.417. The van der Waals surface area contributed by atoms with E-state index in [1.807, 2.05) is 0 Å². The molecule has 2 aromatic heterocycles. The summed E-state index contributed by atoms with van der Waals surface area (Å²) >= 11 is 0. The number of hydrogen-bond donors (Lipinski definition) is 3. The number of anilines is 1. The van der Waals surface area contributed by atoms with Crippen molar-refractivity contribution >= 4 is 24.8 Å². The normalized spacial score (nSPS) is 27.8. The van der Waals surface area contributed by atoms with Crippen molar-refractivity contribution in [1.29, 1.82) is 0 Å². The third-order valence-corrected chi connectivity index (χ3v) is 4.36. The van der Waals surface area contributed by atoms with Gasteiger partial charge in [-0.15, -0.1) is 0 Å². The average Bonchev–Trinajstić information content (AvgIpc) is 3.08. The molecule has 15 heteroatoms. The first-order valence-corrected chi connectivity index (χ1v) is 8.44. The van der Waals surface area contributed by atoms with Crippen LogP contribution in [0.15, 0.2) is 25.3 Å². The van der Waals surface area contributed by atoms with Gasteiger partial charge in [-0.2, -0.15) is 0 Å². The summed E-state index contributed by atoms with van der Waals surface area (Å²) in [5.41, 5.74) is 4.40. The standard InChI is InChI=1S/C12H16N5O7P.2Na/c1-2-12(17-5-16-7-10(13)14-4-15-11(7)17)9(19)8(18)6(24-12)3-23-25(20,21)22;;/h2,4-6,8-9,18-19H,1,3H2,(H2,13,14,15)(H2,20,21,22);;/q;2*+1/p-2/t6-,8-,9-,12-;;/m1../s1. The number of nitrogen functional groups attached to an aromatic ring is 1. The molecule has 136 valence electrons. The molecule has 4 N–H and O–H groups in total. The fourth-order valence-electron chi connectivity index (χ4n) is 2.70. The summed E-state index contributed by atoms with van der Waals surface area (Å²) in [6, 6.07) is 0. The number of phosphoric acid groups is 1. The van der Waals surface area contributed by atoms with Gasteiger partial charge in [-0.3, -0.25) is 4.57 Å². The third-order valence-electron chi connectivity index (χ3n) is 3.90. The third kappa shape index (κ3) is 4.64. The molecule has 12 nitrogen and oxygen atoms in total. The molecule has 0 aliphatic carbocycles. The fourth-order valence-corrected chi connectivity index (χ4v) is 3.03. The molecule has 1 fully saturated rings. The second-order valence-electron chi connectivity index (χ2n) is 5.34. The van der Waals surface area contributed by atoms with Gasteiger partial charge in [-0.05, 0) is 6.08 Å². The summed E-state index contributed by atoms with van der Waals surface area (Å²) in [6.07, 6.45) is -0.848. The summed E-state index contributed by atoms with van der Waals surface area (Å²) in [5, 5.41) is 20.6. The number of imidazole rings is 1. The molecule has 0 radical (unpaired) electrons. The van der Waals surface area contributed by atoms with Crippen molar-refractivity contribution in [3.63, 3.8) is 0 Å². The summed E-state index contributed by atoms with van der Waals surface area (Å²) in [5.74, 6) is 0.0922. The van der Waals surface area contributed by atoms with Crippen LogP contribution in [0, 0.1) is 0 Å². The van der Waals surface area contributed by atoms with Gasteiger partial charge in [-0.25, -0.2) is 15.0 Å². The van der Waals surface area contributed by atoms with Gasteiger partial charge in [-0.1, -0.05) is 6.58 Å². The van der Waals surface area contributed by atoms with Crippen LogP contribution in [0.3, 0.4) is 0 Å². The van der Waals surface area contributed by atoms with Crippen LogP contribution in [-0.2, 0) is 19.6 Å². The number of ether oxygens (including phenoxy) is 1. The van der Waals surface area contributed by atoms with Gasteiger partial charge in [0.05, 0.1) is 20.8 Å². The maximum atomic E-state index is 10.6. The molecule has 27 heavy (non-hydrogen) atoms. The van der Waals surface area contributed by atoms with Crippen molar-refractivity contribution in [3.05, 3.63) is 25.3 Å². The molecule has 0 amide bonds. The van der Waals surface area contributed by atoms with Gasteiger partial charge in [0, 0.05) is 0 Å². The Bertz CT molecular complexity index is 864. The number of nitrogens with zero attached hydrogens (tertiary/aromatic N) is 4. The van der Waals surface area contributed by atoms with Gasteiger partial charge in [0.1, 0.15) is 30.2 Å². The van der Waals surface area contributed by atoms with Crippen molar-refractivity contribution in [1.82, 2.24) is 19.5 Å². The van der Waals surface area contributed by atoms with Crippen LogP contribution in [0.4, 0.5) is 5.82 Å². The Kier molecular flexibility index (Phi) is 8.62. The topological polar surface area (TPSA) is 192 Å². The number of phosphoric ester groups is 1. The summed E-state index contributed by atoms with van der Waals surface area (Å²) < 4.78 is 21.6. The van der Waals surface area contributed by atoms with Crippen molar-refractivity contribution in [2.24, 2.45) is 0 Å². The number of nitrogens with two attached hydrogens (primary N) is 1. The second kappa shape index (κ2) is 9.26. The summed E-state index contributed by atoms with van der Waals surface area (Å²) in [6.45, 7) is 2.81. The number of aliphatic hydroxyl groups excluding tert-OH is 2. The molecule has 0 aromatic carbocycles. The zero-order valence-corrected chi connectivity index (χ0v) is 19.5. The van der Waals surface area contributed by atoms with Crippen LogP contribution >= 0.6 is 7.82 Å². The molecular formula is C12H14N5Na2O7P. The zero-order valence-electron chi connectivity index (χ0n) is 14.6. The van der Waals surface area contributed by atoms with E-state index in [2.05, 4.69) is 26.1 Å². The number of rotatable bonds is 5. The summed E-state index contributed by atoms with van der Waals surface area (Å²) in [7, 11) is -5.28. The van der Waals surface area contributed by atoms with Gasteiger partial charge < -0.3 is 39.6 Å². The van der Waals surface area contributed by atoms with Gasteiger partial charge >= 0.3 is 59.1 Å². The van der Waals surface area contributed by atoms with Gasteiger partial charge in [0.2, 0.25) is 0 Å². The quantitative estimate of drug-likeness (QED) is 0.238. The molecule has 0 bridgehead atoms. The largest absolute Gasteiger partial charge is 1.00 e. The molecule has 0 spiro atoms. The van der Waals surface area contributed by atoms with E-state index in [1.54, 1.807) is 0 Å². The number of hydrogen-bond acceptors (Lipinski definition) is 11. The van der Waals surface area contributed by atoms with E-state index in [0.717, 1.165) is 0 Å². The van der Waals surface area contributed by atoms with E-state index in [4.69, 9.17) is 10.5 Å². The second-order valence-corrected chi connectivity index (χ2v) is 6.49. The van der Waals surface area contributed by atoms with Crippen molar-refractivity contribution in [2.75, 3.05) is 12.3 Å². The van der Waals surface area contributed by atoms with E-state index >= 15 is 0 Å². The SMILES string of the molecule is C=C[C@@]1(n2cnc3c(N)ncnc32)O[C@H](COP(=O)([O-])[O-])[C@@H](O)[C@H]1O.[Na+].[Na+]. The Labute approximate surface area is 197 Å². The molecule has 1 aliphatic heterocycles. The minimum absolute atomic E-state index is 0. The van der Waals surface area contributed by atoms with Crippen molar-refractivity contribution < 1.29 is 92.9 Å². The van der Waals surface area contributed by atoms with Gasteiger partial charge in [0.15, 0.2) is 17.2 Å². The Morgan fingerprint density at radius 1 is 1.41 bits per heavy atom. The van der Waals surface area contributed by atoms with Crippen LogP contribution in [0.5, 0.6) is 0 Å². The molecule has 1 aliphatic rings. The molecule has 2 aromatic rings. The maximum absolute atomic E-state index is 10.6. The van der Waals surface area contributed by atoms with Crippen molar-refractivity contribution in [2.45, 2.75) is 24.0 Å². The van der Waals surface area contributed by atoms with Gasteiger partial charge in [0.25, 0.3) is 0 Å². The predicted octanol–water partition coefficient (Wildman–Crippen LogP) is -8.78. The first-order chi connectivity index (χ1) is 11.7. The van der Waals surface area contributed by atoms with Crippen LogP contribution < -0.4 is 74.6 Å². The minimum Gasteiger partial charge on any atom is -0.790 e. The monoisotopic (exact) mass is 417 g/mol. The summed E-state index contributed by atoms with van der Waals surface area (Å²) in [4.78, 5) is 33.1. The van der Waals surface area contributed by atoms with Crippen LogP contribution in [0.2, 0.25) is 0 Å². The molecule has 1 saturated heterocycles. The molecule has 4 atom stereocenters. The van der Waals surface area contributed by atoms with Crippen molar-refractivity contribution in [3.8, 4) is 0 Å². The van der Waals surface area contributed by atoms with E-state index in [-0.39, 0.29) is 76.1 Å². The van der Waals surface area contributed by atoms with Crippen LogP contribution in [0.1, 0.15) is 0 Å². The maximum Gasteiger partial charge on any atom is 1.00 e. The Morgan fingerprint density at radius 3 is 2.67 bits per heavy atom. The zero-order chi connectivity index (χ0) is 18.4. The molecular weight excluding hydrogens is 403 g/mol. The Hall–Kier alpha value is 0.0800. The average molecular weight is 417 g/mol. The first-order valence-electron chi connectivity index (χ1n) is 6.98. The molecule has 3 rings (SSSR count). The molecule has 3 heterocycles. The first kappa shape index (κ1) is 25.1. The molecule has 0 saturated carbocycles. The number of aromatic nitrogens is 4. The predicted molar refractivity (Wildman–Crippen MR) is 78.4 cm³/mol. The number of aliphatic hydroxyl groups is 2. The van der Waals surface area contributed by atoms with E-state index < -0.39 is 38.5 Å². The minimum atomic E-state index is -5.28. The Morgan fingerprint density at radius 2 is 2.07 bits per heavy atom. The van der Waals surface area contributed by atoms with E-state index in [9.17, 15) is 24.6 Å². The smallest absolute Gasteiger partial charge is 0.790 e. The molecule has 0 unspecified atom stereocenters.